The number of ether oxygens (including phenoxy) is 1. The van der Waals surface area contributed by atoms with Gasteiger partial charge in [-0.05, 0) is 38.4 Å². The Morgan fingerprint density at radius 2 is 1.75 bits per heavy atom. The van der Waals surface area contributed by atoms with Gasteiger partial charge in [-0.1, -0.05) is 13.8 Å². The van der Waals surface area contributed by atoms with E-state index in [2.05, 4.69) is 47.2 Å². The van der Waals surface area contributed by atoms with Gasteiger partial charge in [0, 0.05) is 0 Å². The van der Waals surface area contributed by atoms with Crippen molar-refractivity contribution in [2.75, 3.05) is 12.4 Å². The SMILES string of the molecule is CC(C)C(CS)COC(C)(C)C. The van der Waals surface area contributed by atoms with E-state index in [1.807, 2.05) is 0 Å². The average molecular weight is 190 g/mol. The molecule has 0 fully saturated rings. The normalized spacial score (nSPS) is 15.2. The van der Waals surface area contributed by atoms with Crippen LogP contribution in [0.25, 0.3) is 0 Å². The van der Waals surface area contributed by atoms with Gasteiger partial charge in [-0.15, -0.1) is 0 Å². The van der Waals surface area contributed by atoms with Crippen molar-refractivity contribution in [1.82, 2.24) is 0 Å². The molecule has 0 heterocycles. The molecule has 0 saturated carbocycles. The molecule has 2 heteroatoms. The van der Waals surface area contributed by atoms with Gasteiger partial charge in [-0.3, -0.25) is 0 Å². The molecule has 0 bridgehead atoms. The Morgan fingerprint density at radius 1 is 1.25 bits per heavy atom. The molecule has 0 aromatic heterocycles. The summed E-state index contributed by atoms with van der Waals surface area (Å²) in [7, 11) is 0. The maximum absolute atomic E-state index is 5.69. The van der Waals surface area contributed by atoms with Gasteiger partial charge in [0.2, 0.25) is 0 Å². The van der Waals surface area contributed by atoms with Crippen molar-refractivity contribution in [1.29, 1.82) is 0 Å². The fourth-order valence-electron chi connectivity index (χ4n) is 0.813. The van der Waals surface area contributed by atoms with Crippen molar-refractivity contribution in [3.05, 3.63) is 0 Å². The van der Waals surface area contributed by atoms with Crippen LogP contribution < -0.4 is 0 Å². The summed E-state index contributed by atoms with van der Waals surface area (Å²) in [5.74, 6) is 2.14. The van der Waals surface area contributed by atoms with E-state index in [9.17, 15) is 0 Å². The molecule has 12 heavy (non-hydrogen) atoms. The lowest BCUT2D eigenvalue weighted by atomic mass is 9.99. The molecule has 0 rings (SSSR count). The highest BCUT2D eigenvalue weighted by Gasteiger charge is 2.16. The van der Waals surface area contributed by atoms with Crippen molar-refractivity contribution in [3.8, 4) is 0 Å². The van der Waals surface area contributed by atoms with Crippen LogP contribution in [0.1, 0.15) is 34.6 Å². The minimum Gasteiger partial charge on any atom is -0.376 e. The van der Waals surface area contributed by atoms with Gasteiger partial charge in [0.25, 0.3) is 0 Å². The number of hydrogen-bond donors (Lipinski definition) is 1. The Hall–Kier alpha value is 0.310. The number of thiol groups is 1. The lowest BCUT2D eigenvalue weighted by Gasteiger charge is -2.25. The first-order valence-electron chi connectivity index (χ1n) is 4.61. The van der Waals surface area contributed by atoms with Gasteiger partial charge in [-0.2, -0.15) is 12.6 Å². The van der Waals surface area contributed by atoms with E-state index in [1.54, 1.807) is 0 Å². The largest absolute Gasteiger partial charge is 0.376 e. The molecule has 1 nitrogen and oxygen atoms in total. The molecule has 0 aromatic carbocycles. The first kappa shape index (κ1) is 12.3. The fourth-order valence-corrected chi connectivity index (χ4v) is 1.34. The smallest absolute Gasteiger partial charge is 0.0598 e. The summed E-state index contributed by atoms with van der Waals surface area (Å²) in [6, 6.07) is 0. The molecule has 0 aliphatic rings. The van der Waals surface area contributed by atoms with Crippen LogP contribution in [0, 0.1) is 11.8 Å². The van der Waals surface area contributed by atoms with E-state index in [0.717, 1.165) is 12.4 Å². The Morgan fingerprint density at radius 3 is 2.00 bits per heavy atom. The van der Waals surface area contributed by atoms with Crippen LogP contribution in [0.2, 0.25) is 0 Å². The summed E-state index contributed by atoms with van der Waals surface area (Å²) < 4.78 is 5.69. The summed E-state index contributed by atoms with van der Waals surface area (Å²) >= 11 is 4.30. The first-order valence-corrected chi connectivity index (χ1v) is 5.25. The predicted octanol–water partition coefficient (Wildman–Crippen LogP) is 3.00. The van der Waals surface area contributed by atoms with Crippen LogP contribution in [-0.2, 0) is 4.74 Å². The van der Waals surface area contributed by atoms with Gasteiger partial charge in [0.05, 0.1) is 12.2 Å². The van der Waals surface area contributed by atoms with Crippen LogP contribution >= 0.6 is 12.6 Å². The van der Waals surface area contributed by atoms with Gasteiger partial charge in [0.1, 0.15) is 0 Å². The third kappa shape index (κ3) is 5.90. The Kier molecular flexibility index (Phi) is 5.26. The molecular formula is C10H22OS. The van der Waals surface area contributed by atoms with Gasteiger partial charge >= 0.3 is 0 Å². The number of hydrogen-bond acceptors (Lipinski definition) is 2. The average Bonchev–Trinajstić information content (AvgIpc) is 1.85. The molecule has 0 spiro atoms. The van der Waals surface area contributed by atoms with E-state index >= 15 is 0 Å². The summed E-state index contributed by atoms with van der Waals surface area (Å²) in [6.07, 6.45) is 0. The van der Waals surface area contributed by atoms with Crippen molar-refractivity contribution < 1.29 is 4.74 Å². The van der Waals surface area contributed by atoms with Crippen molar-refractivity contribution in [3.63, 3.8) is 0 Å². The molecule has 1 unspecified atom stereocenters. The number of rotatable bonds is 4. The molecule has 0 aliphatic heterocycles. The molecule has 0 N–H and O–H groups in total. The maximum Gasteiger partial charge on any atom is 0.0598 e. The van der Waals surface area contributed by atoms with E-state index in [-0.39, 0.29) is 5.60 Å². The molecule has 0 radical (unpaired) electrons. The standard InChI is InChI=1S/C10H22OS/c1-8(2)9(7-12)6-11-10(3,4)5/h8-9,12H,6-7H2,1-5H3. The zero-order valence-electron chi connectivity index (χ0n) is 8.92. The van der Waals surface area contributed by atoms with Crippen molar-refractivity contribution in [2.45, 2.75) is 40.2 Å². The lowest BCUT2D eigenvalue weighted by Crippen LogP contribution is -2.26. The monoisotopic (exact) mass is 190 g/mol. The zero-order valence-corrected chi connectivity index (χ0v) is 9.82. The Bertz CT molecular complexity index is 115. The third-order valence-corrected chi connectivity index (χ3v) is 2.38. The van der Waals surface area contributed by atoms with Crippen LogP contribution in [0.3, 0.4) is 0 Å². The maximum atomic E-state index is 5.69. The van der Waals surface area contributed by atoms with Crippen molar-refractivity contribution >= 4 is 12.6 Å². The summed E-state index contributed by atoms with van der Waals surface area (Å²) in [5, 5.41) is 0. The predicted molar refractivity (Wildman–Crippen MR) is 57.9 cm³/mol. The van der Waals surface area contributed by atoms with Crippen LogP contribution in [-0.4, -0.2) is 18.0 Å². The van der Waals surface area contributed by atoms with Gasteiger partial charge in [-0.25, -0.2) is 0 Å². The highest BCUT2D eigenvalue weighted by Crippen LogP contribution is 2.16. The molecule has 74 valence electrons. The molecule has 0 aliphatic carbocycles. The zero-order chi connectivity index (χ0) is 9.78. The van der Waals surface area contributed by atoms with Crippen molar-refractivity contribution in [2.24, 2.45) is 11.8 Å². The molecule has 0 saturated heterocycles. The second kappa shape index (κ2) is 5.13. The highest BCUT2D eigenvalue weighted by atomic mass is 32.1. The van der Waals surface area contributed by atoms with E-state index in [0.29, 0.717) is 11.8 Å². The summed E-state index contributed by atoms with van der Waals surface area (Å²) in [6.45, 7) is 11.5. The van der Waals surface area contributed by atoms with Gasteiger partial charge < -0.3 is 4.74 Å². The molecular weight excluding hydrogens is 168 g/mol. The Labute approximate surface area is 82.3 Å². The second-order valence-corrected chi connectivity index (χ2v) is 4.98. The van der Waals surface area contributed by atoms with E-state index < -0.39 is 0 Å². The quantitative estimate of drug-likeness (QED) is 0.670. The minimum absolute atomic E-state index is 0.0178. The lowest BCUT2D eigenvalue weighted by molar-refractivity contribution is -0.0252. The van der Waals surface area contributed by atoms with Crippen LogP contribution in [0.5, 0.6) is 0 Å². The summed E-state index contributed by atoms with van der Waals surface area (Å²) in [4.78, 5) is 0. The second-order valence-electron chi connectivity index (χ2n) is 4.61. The molecule has 1 atom stereocenters. The van der Waals surface area contributed by atoms with Crippen LogP contribution in [0.15, 0.2) is 0 Å². The van der Waals surface area contributed by atoms with E-state index in [1.165, 1.54) is 0 Å². The van der Waals surface area contributed by atoms with E-state index in [4.69, 9.17) is 4.74 Å². The molecule has 0 aromatic rings. The Balaban J connectivity index is 3.73. The highest BCUT2D eigenvalue weighted by molar-refractivity contribution is 7.80. The van der Waals surface area contributed by atoms with Gasteiger partial charge in [0.15, 0.2) is 0 Å². The topological polar surface area (TPSA) is 9.23 Å². The third-order valence-electron chi connectivity index (χ3n) is 1.91. The minimum atomic E-state index is -0.0178. The fraction of sp³-hybridized carbons (Fsp3) is 1.00. The first-order chi connectivity index (χ1) is 5.37. The molecule has 0 amide bonds. The van der Waals surface area contributed by atoms with Crippen LogP contribution in [0.4, 0.5) is 0 Å². The summed E-state index contributed by atoms with van der Waals surface area (Å²) in [5.41, 5.74) is -0.0178.